The summed E-state index contributed by atoms with van der Waals surface area (Å²) in [5, 5.41) is 0. The summed E-state index contributed by atoms with van der Waals surface area (Å²) in [6.45, 7) is 5.21. The maximum Gasteiger partial charge on any atom is 0.252 e. The summed E-state index contributed by atoms with van der Waals surface area (Å²) in [7, 11) is 0. The van der Waals surface area contributed by atoms with Gasteiger partial charge in [-0.2, -0.15) is 0 Å². The molecule has 0 spiro atoms. The Hall–Kier alpha value is -0.880. The number of hydrogen-bond acceptors (Lipinski definition) is 4. The van der Waals surface area contributed by atoms with Crippen LogP contribution in [-0.4, -0.2) is 36.1 Å². The third-order valence-corrected chi connectivity index (χ3v) is 4.50. The van der Waals surface area contributed by atoms with E-state index in [4.69, 9.17) is 22.1 Å². The van der Waals surface area contributed by atoms with E-state index in [-0.39, 0.29) is 18.1 Å². The van der Waals surface area contributed by atoms with Crippen molar-refractivity contribution in [2.75, 3.05) is 13.1 Å². The van der Waals surface area contributed by atoms with Crippen LogP contribution in [0, 0.1) is 0 Å². The summed E-state index contributed by atoms with van der Waals surface area (Å²) in [5.74, 6) is 0.00497. The van der Waals surface area contributed by atoms with Gasteiger partial charge in [0.05, 0.1) is 17.0 Å². The van der Waals surface area contributed by atoms with Gasteiger partial charge in [0.1, 0.15) is 6.10 Å². The molecule has 1 amide bonds. The molecule has 1 aromatic heterocycles. The van der Waals surface area contributed by atoms with Crippen LogP contribution in [0.25, 0.3) is 0 Å². The first-order valence-electron chi connectivity index (χ1n) is 6.63. The highest BCUT2D eigenvalue weighted by Crippen LogP contribution is 2.25. The maximum absolute atomic E-state index is 12.5. The molecule has 2 heterocycles. The number of ether oxygens (including phenoxy) is 1. The van der Waals surface area contributed by atoms with Crippen molar-refractivity contribution in [3.05, 3.63) is 34.0 Å². The number of nitrogens with two attached hydrogens (primary N) is 1. The molecule has 0 radical (unpaired) electrons. The first-order valence-corrected chi connectivity index (χ1v) is 7.83. The van der Waals surface area contributed by atoms with Crippen LogP contribution >= 0.6 is 22.9 Å². The zero-order chi connectivity index (χ0) is 14.5. The second-order valence-electron chi connectivity index (χ2n) is 4.77. The number of rotatable bonds is 6. The van der Waals surface area contributed by atoms with Crippen molar-refractivity contribution in [3.63, 3.8) is 0 Å². The van der Waals surface area contributed by atoms with Gasteiger partial charge in [-0.05, 0) is 25.0 Å². The minimum Gasteiger partial charge on any atom is -0.364 e. The highest BCUT2D eigenvalue weighted by molar-refractivity contribution is 7.16. The Morgan fingerprint density at radius 2 is 2.40 bits per heavy atom. The molecular weight excluding hydrogens is 296 g/mol. The van der Waals surface area contributed by atoms with E-state index in [0.29, 0.717) is 19.6 Å². The van der Waals surface area contributed by atoms with Gasteiger partial charge in [0.2, 0.25) is 0 Å². The third kappa shape index (κ3) is 3.82. The van der Waals surface area contributed by atoms with Gasteiger partial charge in [-0.25, -0.2) is 0 Å². The first-order chi connectivity index (χ1) is 9.63. The zero-order valence-electron chi connectivity index (χ0n) is 11.3. The fourth-order valence-corrected chi connectivity index (χ4v) is 3.38. The Morgan fingerprint density at radius 3 is 2.95 bits per heavy atom. The van der Waals surface area contributed by atoms with Crippen molar-refractivity contribution in [1.82, 2.24) is 4.90 Å². The number of carbonyl (C=O) groups is 1. The average molecular weight is 315 g/mol. The lowest BCUT2D eigenvalue weighted by atomic mass is 10.1. The normalized spacial score (nSPS) is 21.9. The number of nitrogens with zero attached hydrogens (tertiary/aromatic N) is 1. The molecule has 0 saturated carbocycles. The number of thiophene rings is 1. The van der Waals surface area contributed by atoms with E-state index in [0.717, 1.165) is 22.1 Å². The van der Waals surface area contributed by atoms with Gasteiger partial charge in [0.25, 0.3) is 5.91 Å². The van der Waals surface area contributed by atoms with Gasteiger partial charge in [-0.15, -0.1) is 17.9 Å². The largest absolute Gasteiger partial charge is 0.364 e. The van der Waals surface area contributed by atoms with Crippen LogP contribution in [0.3, 0.4) is 0 Å². The van der Waals surface area contributed by atoms with Crippen molar-refractivity contribution in [2.45, 2.75) is 31.6 Å². The molecule has 2 N–H and O–H groups in total. The van der Waals surface area contributed by atoms with E-state index in [1.807, 2.05) is 12.1 Å². The minimum atomic E-state index is -0.376. The molecule has 20 heavy (non-hydrogen) atoms. The highest BCUT2D eigenvalue weighted by Gasteiger charge is 2.32. The molecule has 1 aliphatic rings. The highest BCUT2D eigenvalue weighted by atomic mass is 35.5. The minimum absolute atomic E-state index is 0.00497. The Bertz CT molecular complexity index is 477. The molecule has 0 bridgehead atoms. The number of carbonyl (C=O) groups excluding carboxylic acids is 1. The lowest BCUT2D eigenvalue weighted by Crippen LogP contribution is -2.39. The summed E-state index contributed by atoms with van der Waals surface area (Å²) in [6.07, 6.45) is 2.94. The van der Waals surface area contributed by atoms with E-state index >= 15 is 0 Å². The zero-order valence-corrected chi connectivity index (χ0v) is 12.8. The number of halogens is 1. The van der Waals surface area contributed by atoms with Crippen LogP contribution in [0.2, 0.25) is 4.34 Å². The van der Waals surface area contributed by atoms with Crippen molar-refractivity contribution < 1.29 is 9.53 Å². The lowest BCUT2D eigenvalue weighted by molar-refractivity contribution is -0.142. The van der Waals surface area contributed by atoms with Crippen LogP contribution in [0.4, 0.5) is 0 Å². The molecule has 1 saturated heterocycles. The van der Waals surface area contributed by atoms with Crippen LogP contribution in [0.1, 0.15) is 17.7 Å². The molecule has 6 heteroatoms. The summed E-state index contributed by atoms with van der Waals surface area (Å²) in [4.78, 5) is 15.3. The molecule has 2 rings (SSSR count). The number of amides is 1. The molecule has 2 atom stereocenters. The Morgan fingerprint density at radius 1 is 1.60 bits per heavy atom. The topological polar surface area (TPSA) is 55.6 Å². The fraction of sp³-hybridized carbons (Fsp3) is 0.500. The van der Waals surface area contributed by atoms with E-state index in [2.05, 4.69) is 6.58 Å². The average Bonchev–Trinajstić information content (AvgIpc) is 3.06. The molecule has 0 aromatic carbocycles. The Labute approximate surface area is 128 Å². The van der Waals surface area contributed by atoms with Gasteiger partial charge in [-0.1, -0.05) is 17.7 Å². The molecule has 0 aliphatic carbocycles. The van der Waals surface area contributed by atoms with Crippen molar-refractivity contribution in [3.8, 4) is 0 Å². The first kappa shape index (κ1) is 15.5. The van der Waals surface area contributed by atoms with Crippen LogP contribution < -0.4 is 5.73 Å². The van der Waals surface area contributed by atoms with Gasteiger partial charge in [0.15, 0.2) is 0 Å². The number of hydrogen-bond donors (Lipinski definition) is 1. The van der Waals surface area contributed by atoms with Crippen LogP contribution in [-0.2, 0) is 16.1 Å². The van der Waals surface area contributed by atoms with Crippen LogP contribution in [0.15, 0.2) is 24.8 Å². The second kappa shape index (κ2) is 7.22. The summed E-state index contributed by atoms with van der Waals surface area (Å²) in [5.41, 5.74) is 5.58. The maximum atomic E-state index is 12.5. The summed E-state index contributed by atoms with van der Waals surface area (Å²) < 4.78 is 6.40. The smallest absolute Gasteiger partial charge is 0.252 e. The van der Waals surface area contributed by atoms with E-state index < -0.39 is 0 Å². The van der Waals surface area contributed by atoms with E-state index in [1.54, 1.807) is 11.0 Å². The standard InChI is InChI=1S/C14H19ClN2O2S/c1-2-7-17(9-11-4-6-13(15)20-11)14(18)12-5-3-10(8-16)19-12/h2,4,6,10,12H,1,3,5,7-9,16H2. The SMILES string of the molecule is C=CCN(Cc1ccc(Cl)s1)C(=O)C1CCC(CN)O1. The van der Waals surface area contributed by atoms with Crippen molar-refractivity contribution in [1.29, 1.82) is 0 Å². The molecule has 2 unspecified atom stereocenters. The van der Waals surface area contributed by atoms with E-state index in [1.165, 1.54) is 11.3 Å². The van der Waals surface area contributed by atoms with E-state index in [9.17, 15) is 4.79 Å². The lowest BCUT2D eigenvalue weighted by Gasteiger charge is -2.24. The predicted octanol–water partition coefficient (Wildman–Crippen LogP) is 2.42. The molecule has 1 fully saturated rings. The predicted molar refractivity (Wildman–Crippen MR) is 81.9 cm³/mol. The Kier molecular flexibility index (Phi) is 5.60. The second-order valence-corrected chi connectivity index (χ2v) is 6.57. The molecular formula is C14H19ClN2O2S. The molecule has 4 nitrogen and oxygen atoms in total. The van der Waals surface area contributed by atoms with Gasteiger partial charge in [0, 0.05) is 18.0 Å². The van der Waals surface area contributed by atoms with Gasteiger partial charge in [-0.3, -0.25) is 4.79 Å². The quantitative estimate of drug-likeness (QED) is 0.820. The van der Waals surface area contributed by atoms with Crippen molar-refractivity contribution >= 4 is 28.8 Å². The fourth-order valence-electron chi connectivity index (χ4n) is 2.28. The molecule has 110 valence electrons. The monoisotopic (exact) mass is 314 g/mol. The Balaban J connectivity index is 2.00. The molecule has 1 aromatic rings. The van der Waals surface area contributed by atoms with Crippen LogP contribution in [0.5, 0.6) is 0 Å². The summed E-state index contributed by atoms with van der Waals surface area (Å²) >= 11 is 7.41. The van der Waals surface area contributed by atoms with Crippen molar-refractivity contribution in [2.24, 2.45) is 5.73 Å². The summed E-state index contributed by atoms with van der Waals surface area (Å²) in [6, 6.07) is 3.78. The molecule has 1 aliphatic heterocycles. The van der Waals surface area contributed by atoms with Gasteiger partial charge < -0.3 is 15.4 Å². The van der Waals surface area contributed by atoms with Gasteiger partial charge >= 0.3 is 0 Å². The third-order valence-electron chi connectivity index (χ3n) is 3.28.